The van der Waals surface area contributed by atoms with E-state index in [2.05, 4.69) is 57.8 Å². The van der Waals surface area contributed by atoms with Gasteiger partial charge in [-0.2, -0.15) is 0 Å². The van der Waals surface area contributed by atoms with Gasteiger partial charge in [-0.25, -0.2) is 4.68 Å². The molecule has 1 fully saturated rings. The Labute approximate surface area is 161 Å². The minimum Gasteiger partial charge on any atom is -0.348 e. The molecule has 1 saturated heterocycles. The molecule has 1 N–H and O–H groups in total. The Hall–Kier alpha value is -2.21. The number of rotatable bonds is 7. The molecule has 1 amide bonds. The molecular weight excluding hydrogens is 338 g/mol. The molecule has 0 spiro atoms. The molecule has 0 bridgehead atoms. The number of carbonyl (C=O) groups excluding carboxylic acids is 1. The molecule has 3 rings (SSSR count). The van der Waals surface area contributed by atoms with E-state index in [0.717, 1.165) is 32.5 Å². The van der Waals surface area contributed by atoms with E-state index in [1.165, 1.54) is 12.0 Å². The highest BCUT2D eigenvalue weighted by molar-refractivity contribution is 5.91. The minimum atomic E-state index is -0.149. The van der Waals surface area contributed by atoms with Crippen molar-refractivity contribution in [2.45, 2.75) is 58.0 Å². The van der Waals surface area contributed by atoms with Crippen LogP contribution in [0, 0.1) is 0 Å². The second kappa shape index (κ2) is 9.13. The molecule has 1 aliphatic rings. The number of piperidine rings is 1. The second-order valence-corrected chi connectivity index (χ2v) is 7.89. The van der Waals surface area contributed by atoms with Crippen LogP contribution in [0.3, 0.4) is 0 Å². The molecule has 0 unspecified atom stereocenters. The zero-order chi connectivity index (χ0) is 19.2. The summed E-state index contributed by atoms with van der Waals surface area (Å²) in [6.45, 7) is 9.45. The summed E-state index contributed by atoms with van der Waals surface area (Å²) in [5, 5.41) is 11.1. The quantitative estimate of drug-likeness (QED) is 0.814. The van der Waals surface area contributed by atoms with E-state index in [0.29, 0.717) is 17.7 Å². The largest absolute Gasteiger partial charge is 0.348 e. The first-order chi connectivity index (χ1) is 13.0. The lowest BCUT2D eigenvalue weighted by atomic mass is 9.97. The predicted molar refractivity (Wildman–Crippen MR) is 107 cm³/mol. The van der Waals surface area contributed by atoms with E-state index in [-0.39, 0.29) is 11.9 Å². The van der Waals surface area contributed by atoms with Gasteiger partial charge in [-0.05, 0) is 51.1 Å². The highest BCUT2D eigenvalue weighted by Gasteiger charge is 2.23. The third-order valence-corrected chi connectivity index (χ3v) is 5.34. The van der Waals surface area contributed by atoms with Crippen molar-refractivity contribution in [3.05, 3.63) is 47.8 Å². The highest BCUT2D eigenvalue weighted by atomic mass is 16.2. The van der Waals surface area contributed by atoms with Crippen LogP contribution in [0.1, 0.15) is 68.0 Å². The van der Waals surface area contributed by atoms with Crippen LogP contribution in [0.2, 0.25) is 0 Å². The normalized spacial score (nSPS) is 17.2. The number of hydrogen-bond donors (Lipinski definition) is 1. The number of nitrogens with zero attached hydrogens (tertiary/aromatic N) is 4. The van der Waals surface area contributed by atoms with Gasteiger partial charge in [0, 0.05) is 19.1 Å². The maximum absolute atomic E-state index is 12.0. The van der Waals surface area contributed by atoms with Crippen LogP contribution in [-0.2, 0) is 0 Å². The molecule has 1 aromatic carbocycles. The summed E-state index contributed by atoms with van der Waals surface area (Å²) in [5.41, 5.74) is 1.82. The third kappa shape index (κ3) is 5.39. The maximum Gasteiger partial charge on any atom is 0.273 e. The topological polar surface area (TPSA) is 63.1 Å². The SMILES string of the molecule is CC(C)NC(=O)c1cn(C2CCN(CC[C@@H](C)c3ccccc3)CC2)nn1. The number of benzene rings is 1. The van der Waals surface area contributed by atoms with Crippen molar-refractivity contribution in [3.63, 3.8) is 0 Å². The van der Waals surface area contributed by atoms with Crippen molar-refractivity contribution in [2.24, 2.45) is 0 Å². The van der Waals surface area contributed by atoms with Gasteiger partial charge in [-0.1, -0.05) is 42.5 Å². The second-order valence-electron chi connectivity index (χ2n) is 7.89. The molecular formula is C21H31N5O. The molecule has 6 nitrogen and oxygen atoms in total. The van der Waals surface area contributed by atoms with E-state index >= 15 is 0 Å². The van der Waals surface area contributed by atoms with Crippen LogP contribution < -0.4 is 5.32 Å². The number of carbonyl (C=O) groups is 1. The molecule has 2 aromatic rings. The predicted octanol–water partition coefficient (Wildman–Crippen LogP) is 3.25. The Morgan fingerprint density at radius 3 is 2.56 bits per heavy atom. The lowest BCUT2D eigenvalue weighted by Gasteiger charge is -2.32. The maximum atomic E-state index is 12.0. The molecule has 146 valence electrons. The average Bonchev–Trinajstić information content (AvgIpc) is 3.17. The Kier molecular flexibility index (Phi) is 6.61. The molecule has 1 aromatic heterocycles. The summed E-state index contributed by atoms with van der Waals surface area (Å²) in [6.07, 6.45) is 5.07. The zero-order valence-corrected chi connectivity index (χ0v) is 16.6. The molecule has 1 atom stereocenters. The van der Waals surface area contributed by atoms with E-state index < -0.39 is 0 Å². The molecule has 0 saturated carbocycles. The van der Waals surface area contributed by atoms with Crippen molar-refractivity contribution in [2.75, 3.05) is 19.6 Å². The number of aromatic nitrogens is 3. The molecule has 0 aliphatic carbocycles. The van der Waals surface area contributed by atoms with Gasteiger partial charge in [0.05, 0.1) is 12.2 Å². The zero-order valence-electron chi connectivity index (χ0n) is 16.6. The monoisotopic (exact) mass is 369 g/mol. The minimum absolute atomic E-state index is 0.101. The number of hydrogen-bond acceptors (Lipinski definition) is 4. The van der Waals surface area contributed by atoms with Gasteiger partial charge in [0.25, 0.3) is 5.91 Å². The Bertz CT molecular complexity index is 719. The third-order valence-electron chi connectivity index (χ3n) is 5.34. The van der Waals surface area contributed by atoms with Crippen LogP contribution in [-0.4, -0.2) is 51.5 Å². The fourth-order valence-electron chi connectivity index (χ4n) is 3.63. The van der Waals surface area contributed by atoms with Gasteiger partial charge in [-0.3, -0.25) is 4.79 Å². The molecule has 1 aliphatic heterocycles. The van der Waals surface area contributed by atoms with Crippen LogP contribution in [0.15, 0.2) is 36.5 Å². The number of likely N-dealkylation sites (tertiary alicyclic amines) is 1. The molecule has 2 heterocycles. The number of nitrogens with one attached hydrogen (secondary N) is 1. The van der Waals surface area contributed by atoms with Crippen LogP contribution in [0.5, 0.6) is 0 Å². The average molecular weight is 370 g/mol. The van der Waals surface area contributed by atoms with E-state index in [4.69, 9.17) is 0 Å². The number of amides is 1. The Morgan fingerprint density at radius 2 is 1.89 bits per heavy atom. The van der Waals surface area contributed by atoms with Crippen molar-refractivity contribution < 1.29 is 4.79 Å². The first kappa shape index (κ1) is 19.5. The van der Waals surface area contributed by atoms with Gasteiger partial charge in [0.2, 0.25) is 0 Å². The Balaban J connectivity index is 1.45. The molecule has 6 heteroatoms. The van der Waals surface area contributed by atoms with Crippen LogP contribution in [0.4, 0.5) is 0 Å². The Morgan fingerprint density at radius 1 is 1.19 bits per heavy atom. The first-order valence-electron chi connectivity index (χ1n) is 10.0. The van der Waals surface area contributed by atoms with Gasteiger partial charge in [-0.15, -0.1) is 5.10 Å². The van der Waals surface area contributed by atoms with Crippen molar-refractivity contribution in [1.82, 2.24) is 25.2 Å². The van der Waals surface area contributed by atoms with Crippen LogP contribution >= 0.6 is 0 Å². The van der Waals surface area contributed by atoms with Crippen LogP contribution in [0.25, 0.3) is 0 Å². The van der Waals surface area contributed by atoms with Crippen molar-refractivity contribution >= 4 is 5.91 Å². The summed E-state index contributed by atoms with van der Waals surface area (Å²) >= 11 is 0. The molecule has 27 heavy (non-hydrogen) atoms. The van der Waals surface area contributed by atoms with Crippen molar-refractivity contribution in [3.8, 4) is 0 Å². The van der Waals surface area contributed by atoms with Gasteiger partial charge < -0.3 is 10.2 Å². The summed E-state index contributed by atoms with van der Waals surface area (Å²) in [7, 11) is 0. The highest BCUT2D eigenvalue weighted by Crippen LogP contribution is 2.24. The summed E-state index contributed by atoms with van der Waals surface area (Å²) in [4.78, 5) is 14.6. The standard InChI is InChI=1S/C21H31N5O/c1-16(2)22-21(27)20-15-26(24-23-20)19-10-13-25(14-11-19)12-9-17(3)18-7-5-4-6-8-18/h4-8,15-17,19H,9-14H2,1-3H3,(H,22,27)/t17-/m1/s1. The van der Waals surface area contributed by atoms with Gasteiger partial charge in [0.15, 0.2) is 5.69 Å². The summed E-state index contributed by atoms with van der Waals surface area (Å²) in [6, 6.07) is 11.2. The van der Waals surface area contributed by atoms with E-state index in [9.17, 15) is 4.79 Å². The van der Waals surface area contributed by atoms with Gasteiger partial charge in [0.1, 0.15) is 0 Å². The lowest BCUT2D eigenvalue weighted by Crippen LogP contribution is -2.35. The molecule has 0 radical (unpaired) electrons. The van der Waals surface area contributed by atoms with E-state index in [1.54, 1.807) is 6.20 Å². The van der Waals surface area contributed by atoms with Gasteiger partial charge >= 0.3 is 0 Å². The fraction of sp³-hybridized carbons (Fsp3) is 0.571. The van der Waals surface area contributed by atoms with Crippen molar-refractivity contribution in [1.29, 1.82) is 0 Å². The van der Waals surface area contributed by atoms with E-state index in [1.807, 2.05) is 18.5 Å². The summed E-state index contributed by atoms with van der Waals surface area (Å²) < 4.78 is 1.87. The smallest absolute Gasteiger partial charge is 0.273 e. The fourth-order valence-corrected chi connectivity index (χ4v) is 3.63. The first-order valence-corrected chi connectivity index (χ1v) is 10.0. The lowest BCUT2D eigenvalue weighted by molar-refractivity contribution is 0.0938. The summed E-state index contributed by atoms with van der Waals surface area (Å²) in [5.74, 6) is 0.435.